The highest BCUT2D eigenvalue weighted by Crippen LogP contribution is 2.36. The van der Waals surface area contributed by atoms with Gasteiger partial charge in [0.25, 0.3) is 0 Å². The highest BCUT2D eigenvalue weighted by atomic mass is 19.4. The lowest BCUT2D eigenvalue weighted by atomic mass is 10.1. The standard InChI is InChI=1S/C12H14F3NO/c13-12(14,15)9-4-5-10(16-7-9)11(17)6-3-8-1-2-8/h4-5,7-8,11,17H,1-3,6H2. The van der Waals surface area contributed by atoms with Crippen LogP contribution in [0, 0.1) is 5.92 Å². The summed E-state index contributed by atoms with van der Waals surface area (Å²) in [7, 11) is 0. The largest absolute Gasteiger partial charge is 0.417 e. The fourth-order valence-corrected chi connectivity index (χ4v) is 1.72. The molecule has 0 aliphatic heterocycles. The number of hydrogen-bond acceptors (Lipinski definition) is 2. The summed E-state index contributed by atoms with van der Waals surface area (Å²) in [6.07, 6.45) is -0.453. The van der Waals surface area contributed by atoms with Crippen molar-refractivity contribution in [3.05, 3.63) is 29.6 Å². The van der Waals surface area contributed by atoms with E-state index in [1.165, 1.54) is 18.9 Å². The zero-order valence-corrected chi connectivity index (χ0v) is 9.24. The number of hydrogen-bond donors (Lipinski definition) is 1. The lowest BCUT2D eigenvalue weighted by Gasteiger charge is -2.11. The molecule has 1 heterocycles. The zero-order chi connectivity index (χ0) is 12.5. The highest BCUT2D eigenvalue weighted by molar-refractivity contribution is 5.18. The number of alkyl halides is 3. The van der Waals surface area contributed by atoms with E-state index in [1.54, 1.807) is 0 Å². The Kier molecular flexibility index (Phi) is 3.38. The Morgan fingerprint density at radius 2 is 2.06 bits per heavy atom. The van der Waals surface area contributed by atoms with Crippen molar-refractivity contribution in [1.82, 2.24) is 4.98 Å². The number of aliphatic hydroxyl groups excluding tert-OH is 1. The fraction of sp³-hybridized carbons (Fsp3) is 0.583. The van der Waals surface area contributed by atoms with Crippen molar-refractivity contribution in [3.8, 4) is 0 Å². The van der Waals surface area contributed by atoms with Crippen LogP contribution in [0.25, 0.3) is 0 Å². The number of rotatable bonds is 4. The van der Waals surface area contributed by atoms with E-state index in [-0.39, 0.29) is 0 Å². The molecule has 1 aromatic rings. The van der Waals surface area contributed by atoms with E-state index >= 15 is 0 Å². The molecule has 1 aliphatic rings. The molecular weight excluding hydrogens is 231 g/mol. The number of nitrogens with zero attached hydrogens (tertiary/aromatic N) is 1. The van der Waals surface area contributed by atoms with Crippen LogP contribution in [-0.2, 0) is 6.18 Å². The van der Waals surface area contributed by atoms with Crippen LogP contribution in [0.4, 0.5) is 13.2 Å². The summed E-state index contributed by atoms with van der Waals surface area (Å²) in [4.78, 5) is 3.67. The van der Waals surface area contributed by atoms with Gasteiger partial charge in [-0.3, -0.25) is 4.98 Å². The average molecular weight is 245 g/mol. The third-order valence-corrected chi connectivity index (χ3v) is 3.00. The van der Waals surface area contributed by atoms with E-state index in [4.69, 9.17) is 0 Å². The van der Waals surface area contributed by atoms with Gasteiger partial charge in [-0.1, -0.05) is 12.8 Å². The van der Waals surface area contributed by atoms with Crippen molar-refractivity contribution < 1.29 is 18.3 Å². The molecule has 1 aliphatic carbocycles. The van der Waals surface area contributed by atoms with Gasteiger partial charge in [-0.25, -0.2) is 0 Å². The maximum absolute atomic E-state index is 12.3. The summed E-state index contributed by atoms with van der Waals surface area (Å²) in [5, 5.41) is 9.75. The number of aliphatic hydroxyl groups is 1. The molecule has 1 saturated carbocycles. The van der Waals surface area contributed by atoms with Crippen molar-refractivity contribution >= 4 is 0 Å². The van der Waals surface area contributed by atoms with Gasteiger partial charge >= 0.3 is 6.18 Å². The summed E-state index contributed by atoms with van der Waals surface area (Å²) >= 11 is 0. The van der Waals surface area contributed by atoms with Crippen LogP contribution in [0.2, 0.25) is 0 Å². The molecule has 0 radical (unpaired) electrons. The second-order valence-corrected chi connectivity index (χ2v) is 4.51. The third-order valence-electron chi connectivity index (χ3n) is 3.00. The Bertz CT molecular complexity index is 370. The molecule has 2 rings (SSSR count). The van der Waals surface area contributed by atoms with Crippen molar-refractivity contribution in [2.24, 2.45) is 5.92 Å². The van der Waals surface area contributed by atoms with Gasteiger partial charge in [-0.15, -0.1) is 0 Å². The Labute approximate surface area is 97.5 Å². The van der Waals surface area contributed by atoms with Gasteiger partial charge in [-0.05, 0) is 30.9 Å². The second kappa shape index (κ2) is 4.64. The van der Waals surface area contributed by atoms with Crippen LogP contribution in [0.1, 0.15) is 43.0 Å². The quantitative estimate of drug-likeness (QED) is 0.882. The lowest BCUT2D eigenvalue weighted by Crippen LogP contribution is -2.07. The molecule has 0 aromatic carbocycles. The summed E-state index contributed by atoms with van der Waals surface area (Å²) in [6.45, 7) is 0. The monoisotopic (exact) mass is 245 g/mol. The second-order valence-electron chi connectivity index (χ2n) is 4.51. The van der Waals surface area contributed by atoms with E-state index in [2.05, 4.69) is 4.98 Å². The van der Waals surface area contributed by atoms with Gasteiger partial charge in [0, 0.05) is 6.20 Å². The van der Waals surface area contributed by atoms with E-state index < -0.39 is 17.8 Å². The predicted octanol–water partition coefficient (Wildman–Crippen LogP) is 3.32. The first-order chi connectivity index (χ1) is 7.97. The molecule has 1 atom stereocenters. The molecule has 17 heavy (non-hydrogen) atoms. The molecule has 0 bridgehead atoms. The van der Waals surface area contributed by atoms with Gasteiger partial charge in [0.1, 0.15) is 0 Å². The fourth-order valence-electron chi connectivity index (χ4n) is 1.72. The van der Waals surface area contributed by atoms with E-state index in [9.17, 15) is 18.3 Å². The molecule has 0 amide bonds. The Balaban J connectivity index is 1.96. The predicted molar refractivity (Wildman–Crippen MR) is 56.2 cm³/mol. The maximum Gasteiger partial charge on any atom is 0.417 e. The molecule has 1 aromatic heterocycles. The van der Waals surface area contributed by atoms with E-state index in [0.717, 1.165) is 18.7 Å². The minimum absolute atomic E-state index is 0.318. The van der Waals surface area contributed by atoms with Gasteiger partial charge in [0.05, 0.1) is 17.4 Å². The van der Waals surface area contributed by atoms with E-state index in [0.29, 0.717) is 18.0 Å². The van der Waals surface area contributed by atoms with Gasteiger partial charge in [0.2, 0.25) is 0 Å². The third kappa shape index (κ3) is 3.43. The number of aromatic nitrogens is 1. The smallest absolute Gasteiger partial charge is 0.387 e. The molecule has 0 spiro atoms. The van der Waals surface area contributed by atoms with Gasteiger partial charge < -0.3 is 5.11 Å². The Morgan fingerprint density at radius 1 is 1.35 bits per heavy atom. The molecule has 5 heteroatoms. The highest BCUT2D eigenvalue weighted by Gasteiger charge is 2.31. The SMILES string of the molecule is OC(CCC1CC1)c1ccc(C(F)(F)F)cn1. The molecule has 2 nitrogen and oxygen atoms in total. The van der Waals surface area contributed by atoms with Gasteiger partial charge in [-0.2, -0.15) is 13.2 Å². The topological polar surface area (TPSA) is 33.1 Å². The van der Waals surface area contributed by atoms with Crippen LogP contribution in [0.15, 0.2) is 18.3 Å². The molecule has 94 valence electrons. The van der Waals surface area contributed by atoms with Crippen LogP contribution in [0.3, 0.4) is 0 Å². The van der Waals surface area contributed by atoms with Crippen LogP contribution >= 0.6 is 0 Å². The molecule has 1 N–H and O–H groups in total. The lowest BCUT2D eigenvalue weighted by molar-refractivity contribution is -0.137. The Hall–Kier alpha value is -1.10. The Morgan fingerprint density at radius 3 is 2.53 bits per heavy atom. The average Bonchev–Trinajstić information content (AvgIpc) is 3.09. The minimum Gasteiger partial charge on any atom is -0.387 e. The molecule has 1 fully saturated rings. The van der Waals surface area contributed by atoms with Crippen molar-refractivity contribution in [3.63, 3.8) is 0 Å². The zero-order valence-electron chi connectivity index (χ0n) is 9.24. The first-order valence-electron chi connectivity index (χ1n) is 5.68. The summed E-state index contributed by atoms with van der Waals surface area (Å²) in [5.41, 5.74) is -0.464. The van der Waals surface area contributed by atoms with E-state index in [1.807, 2.05) is 0 Å². The molecular formula is C12H14F3NO. The van der Waals surface area contributed by atoms with Crippen molar-refractivity contribution in [2.45, 2.75) is 38.0 Å². The number of pyridine rings is 1. The normalized spacial score (nSPS) is 18.1. The first kappa shape index (κ1) is 12.4. The van der Waals surface area contributed by atoms with Crippen LogP contribution < -0.4 is 0 Å². The molecule has 1 unspecified atom stereocenters. The van der Waals surface area contributed by atoms with Gasteiger partial charge in [0.15, 0.2) is 0 Å². The summed E-state index contributed by atoms with van der Waals surface area (Å²) in [6, 6.07) is 2.21. The van der Waals surface area contributed by atoms with Crippen molar-refractivity contribution in [1.29, 1.82) is 0 Å². The first-order valence-corrected chi connectivity index (χ1v) is 5.68. The summed E-state index contributed by atoms with van der Waals surface area (Å²) in [5.74, 6) is 0.694. The van der Waals surface area contributed by atoms with Crippen LogP contribution in [0.5, 0.6) is 0 Å². The maximum atomic E-state index is 12.3. The molecule has 0 saturated heterocycles. The van der Waals surface area contributed by atoms with Crippen molar-refractivity contribution in [2.75, 3.05) is 0 Å². The summed E-state index contributed by atoms with van der Waals surface area (Å²) < 4.78 is 36.8. The van der Waals surface area contributed by atoms with Crippen LogP contribution in [-0.4, -0.2) is 10.1 Å². The minimum atomic E-state index is -4.37. The number of halogens is 3.